The van der Waals surface area contributed by atoms with Crippen LogP contribution in [0.5, 0.6) is 11.5 Å². The summed E-state index contributed by atoms with van der Waals surface area (Å²) in [5.41, 5.74) is 1.05. The second-order valence-electron chi connectivity index (χ2n) is 5.13. The lowest BCUT2D eigenvalue weighted by Gasteiger charge is -2.25. The Morgan fingerprint density at radius 1 is 1.26 bits per heavy atom. The van der Waals surface area contributed by atoms with Crippen LogP contribution in [0.25, 0.3) is 0 Å². The van der Waals surface area contributed by atoms with Crippen molar-refractivity contribution in [1.29, 1.82) is 0 Å². The first kappa shape index (κ1) is 15.8. The first-order chi connectivity index (χ1) is 9.02. The SMILES string of the molecule is CCOc1cc(CNC(C)(C)CCO)ccc1OC. The number of aliphatic hydroxyl groups excluding tert-OH is 1. The molecule has 0 radical (unpaired) electrons. The Morgan fingerprint density at radius 3 is 2.58 bits per heavy atom. The van der Waals surface area contributed by atoms with Gasteiger partial charge in [-0.1, -0.05) is 6.07 Å². The van der Waals surface area contributed by atoms with Gasteiger partial charge in [-0.15, -0.1) is 0 Å². The van der Waals surface area contributed by atoms with Crippen LogP contribution >= 0.6 is 0 Å². The number of benzene rings is 1. The predicted molar refractivity (Wildman–Crippen MR) is 76.8 cm³/mol. The van der Waals surface area contributed by atoms with Gasteiger partial charge < -0.3 is 19.9 Å². The van der Waals surface area contributed by atoms with Crippen molar-refractivity contribution in [2.45, 2.75) is 39.3 Å². The second-order valence-corrected chi connectivity index (χ2v) is 5.13. The largest absolute Gasteiger partial charge is 0.493 e. The highest BCUT2D eigenvalue weighted by Gasteiger charge is 2.16. The summed E-state index contributed by atoms with van der Waals surface area (Å²) >= 11 is 0. The number of hydrogen-bond acceptors (Lipinski definition) is 4. The maximum absolute atomic E-state index is 9.00. The lowest BCUT2D eigenvalue weighted by Crippen LogP contribution is -2.39. The highest BCUT2D eigenvalue weighted by atomic mass is 16.5. The standard InChI is InChI=1S/C15H25NO3/c1-5-19-14-10-12(6-7-13(14)18-4)11-16-15(2,3)8-9-17/h6-7,10,16-17H,5,8-9,11H2,1-4H3. The molecule has 0 spiro atoms. The number of aliphatic hydroxyl groups is 1. The Morgan fingerprint density at radius 2 is 2.00 bits per heavy atom. The maximum atomic E-state index is 9.00. The summed E-state index contributed by atoms with van der Waals surface area (Å²) in [4.78, 5) is 0. The van der Waals surface area contributed by atoms with E-state index in [9.17, 15) is 0 Å². The molecule has 0 aromatic heterocycles. The van der Waals surface area contributed by atoms with Crippen molar-refractivity contribution in [3.8, 4) is 11.5 Å². The van der Waals surface area contributed by atoms with Gasteiger partial charge >= 0.3 is 0 Å². The maximum Gasteiger partial charge on any atom is 0.161 e. The first-order valence-corrected chi connectivity index (χ1v) is 6.68. The van der Waals surface area contributed by atoms with Gasteiger partial charge in [0.1, 0.15) is 0 Å². The summed E-state index contributed by atoms with van der Waals surface area (Å²) in [7, 11) is 1.64. The number of hydrogen-bond donors (Lipinski definition) is 2. The molecule has 0 unspecified atom stereocenters. The lowest BCUT2D eigenvalue weighted by molar-refractivity contribution is 0.230. The second kappa shape index (κ2) is 7.36. The zero-order valence-electron chi connectivity index (χ0n) is 12.3. The molecule has 0 aliphatic rings. The molecule has 1 rings (SSSR count). The highest BCUT2D eigenvalue weighted by molar-refractivity contribution is 5.42. The van der Waals surface area contributed by atoms with Crippen LogP contribution in [0.4, 0.5) is 0 Å². The van der Waals surface area contributed by atoms with E-state index in [1.54, 1.807) is 7.11 Å². The molecule has 4 heteroatoms. The van der Waals surface area contributed by atoms with Gasteiger partial charge in [0.05, 0.1) is 13.7 Å². The van der Waals surface area contributed by atoms with Crippen molar-refractivity contribution in [2.75, 3.05) is 20.3 Å². The van der Waals surface area contributed by atoms with Gasteiger partial charge in [0, 0.05) is 18.7 Å². The molecule has 0 fully saturated rings. The van der Waals surface area contributed by atoms with Crippen molar-refractivity contribution in [2.24, 2.45) is 0 Å². The van der Waals surface area contributed by atoms with Crippen LogP contribution < -0.4 is 14.8 Å². The van der Waals surface area contributed by atoms with Gasteiger partial charge in [-0.3, -0.25) is 0 Å². The molecule has 0 saturated carbocycles. The third kappa shape index (κ3) is 5.09. The lowest BCUT2D eigenvalue weighted by atomic mass is 10.0. The minimum absolute atomic E-state index is 0.0829. The smallest absolute Gasteiger partial charge is 0.161 e. The Kier molecular flexibility index (Phi) is 6.12. The topological polar surface area (TPSA) is 50.7 Å². The van der Waals surface area contributed by atoms with Gasteiger partial charge in [-0.2, -0.15) is 0 Å². The predicted octanol–water partition coefficient (Wildman–Crippen LogP) is 2.34. The van der Waals surface area contributed by atoms with Gasteiger partial charge in [0.2, 0.25) is 0 Å². The molecule has 0 heterocycles. The molecule has 4 nitrogen and oxygen atoms in total. The van der Waals surface area contributed by atoms with Crippen molar-refractivity contribution >= 4 is 0 Å². The Bertz CT molecular complexity index is 391. The number of rotatable bonds is 8. The molecule has 0 amide bonds. The summed E-state index contributed by atoms with van der Waals surface area (Å²) in [6.45, 7) is 7.65. The van der Waals surface area contributed by atoms with E-state index in [1.165, 1.54) is 0 Å². The Labute approximate surface area is 115 Å². The molecule has 1 aromatic carbocycles. The highest BCUT2D eigenvalue weighted by Crippen LogP contribution is 2.28. The fourth-order valence-electron chi connectivity index (χ4n) is 1.81. The number of methoxy groups -OCH3 is 1. The van der Waals surface area contributed by atoms with Crippen LogP contribution in [-0.2, 0) is 6.54 Å². The average Bonchev–Trinajstić information content (AvgIpc) is 2.37. The molecule has 0 bridgehead atoms. The first-order valence-electron chi connectivity index (χ1n) is 6.68. The third-order valence-electron chi connectivity index (χ3n) is 3.04. The van der Waals surface area contributed by atoms with E-state index in [2.05, 4.69) is 19.2 Å². The fraction of sp³-hybridized carbons (Fsp3) is 0.600. The van der Waals surface area contributed by atoms with E-state index in [4.69, 9.17) is 14.6 Å². The van der Waals surface area contributed by atoms with Crippen molar-refractivity contribution in [1.82, 2.24) is 5.32 Å². The normalized spacial score (nSPS) is 11.4. The van der Waals surface area contributed by atoms with Crippen LogP contribution in [0.3, 0.4) is 0 Å². The quantitative estimate of drug-likeness (QED) is 0.759. The zero-order chi connectivity index (χ0) is 14.3. The van der Waals surface area contributed by atoms with Crippen molar-refractivity contribution < 1.29 is 14.6 Å². The molecule has 0 saturated heterocycles. The van der Waals surface area contributed by atoms with Gasteiger partial charge in [-0.05, 0) is 44.9 Å². The molecule has 2 N–H and O–H groups in total. The zero-order valence-corrected chi connectivity index (χ0v) is 12.3. The van der Waals surface area contributed by atoms with Gasteiger partial charge in [0.15, 0.2) is 11.5 Å². The van der Waals surface area contributed by atoms with E-state index >= 15 is 0 Å². The Hall–Kier alpha value is -1.26. The minimum Gasteiger partial charge on any atom is -0.493 e. The average molecular weight is 267 g/mol. The van der Waals surface area contributed by atoms with Crippen LogP contribution in [0.2, 0.25) is 0 Å². The van der Waals surface area contributed by atoms with Gasteiger partial charge in [0.25, 0.3) is 0 Å². The third-order valence-corrected chi connectivity index (χ3v) is 3.04. The monoisotopic (exact) mass is 267 g/mol. The molecule has 0 aliphatic heterocycles. The minimum atomic E-state index is -0.0829. The van der Waals surface area contributed by atoms with E-state index < -0.39 is 0 Å². The molecule has 108 valence electrons. The number of nitrogens with one attached hydrogen (secondary N) is 1. The molecule has 0 aliphatic carbocycles. The van der Waals surface area contributed by atoms with Gasteiger partial charge in [-0.25, -0.2) is 0 Å². The molecule has 0 atom stereocenters. The van der Waals surface area contributed by atoms with Crippen LogP contribution in [-0.4, -0.2) is 31.0 Å². The van der Waals surface area contributed by atoms with E-state index in [0.717, 1.165) is 30.0 Å². The van der Waals surface area contributed by atoms with E-state index in [1.807, 2.05) is 25.1 Å². The summed E-state index contributed by atoms with van der Waals surface area (Å²) in [6.07, 6.45) is 0.724. The van der Waals surface area contributed by atoms with E-state index in [-0.39, 0.29) is 12.1 Å². The van der Waals surface area contributed by atoms with Crippen LogP contribution in [0, 0.1) is 0 Å². The molecular formula is C15H25NO3. The molecule has 1 aromatic rings. The molecular weight excluding hydrogens is 242 g/mol. The summed E-state index contributed by atoms with van der Waals surface area (Å²) in [6, 6.07) is 5.93. The van der Waals surface area contributed by atoms with Crippen LogP contribution in [0.15, 0.2) is 18.2 Å². The van der Waals surface area contributed by atoms with Crippen molar-refractivity contribution in [3.63, 3.8) is 0 Å². The Balaban J connectivity index is 2.71. The van der Waals surface area contributed by atoms with Crippen LogP contribution in [0.1, 0.15) is 32.8 Å². The molecule has 19 heavy (non-hydrogen) atoms. The number of ether oxygens (including phenoxy) is 2. The summed E-state index contributed by atoms with van der Waals surface area (Å²) < 4.78 is 10.8. The summed E-state index contributed by atoms with van der Waals surface area (Å²) in [5, 5.41) is 12.4. The van der Waals surface area contributed by atoms with Crippen molar-refractivity contribution in [3.05, 3.63) is 23.8 Å². The summed E-state index contributed by atoms with van der Waals surface area (Å²) in [5.74, 6) is 1.52. The fourth-order valence-corrected chi connectivity index (χ4v) is 1.81. The van der Waals surface area contributed by atoms with E-state index in [0.29, 0.717) is 6.61 Å².